The van der Waals surface area contributed by atoms with Gasteiger partial charge >= 0.3 is 0 Å². The zero-order valence-corrected chi connectivity index (χ0v) is 9.09. The molecule has 1 aromatic rings. The van der Waals surface area contributed by atoms with Crippen molar-refractivity contribution >= 4 is 11.7 Å². The van der Waals surface area contributed by atoms with Crippen LogP contribution in [0.4, 0.5) is 10.2 Å². The third kappa shape index (κ3) is 1.85. The summed E-state index contributed by atoms with van der Waals surface area (Å²) in [5, 5.41) is 2.81. The van der Waals surface area contributed by atoms with Gasteiger partial charge in [-0.15, -0.1) is 0 Å². The van der Waals surface area contributed by atoms with Crippen LogP contribution in [0.5, 0.6) is 0 Å². The number of nitrogens with zero attached hydrogens (tertiary/aromatic N) is 1. The molecule has 1 amide bonds. The SMILES string of the molecule is CC1(NC(=O)c2ccnc(N)c2F)CCC1. The molecule has 4 nitrogen and oxygen atoms in total. The van der Waals surface area contributed by atoms with E-state index in [1.54, 1.807) is 0 Å². The summed E-state index contributed by atoms with van der Waals surface area (Å²) < 4.78 is 13.5. The average molecular weight is 223 g/mol. The van der Waals surface area contributed by atoms with Gasteiger partial charge in [0.15, 0.2) is 11.6 Å². The predicted molar refractivity (Wildman–Crippen MR) is 58.3 cm³/mol. The number of hydrogen-bond donors (Lipinski definition) is 2. The molecule has 0 atom stereocenters. The minimum atomic E-state index is -0.747. The molecule has 1 heterocycles. The highest BCUT2D eigenvalue weighted by Gasteiger charge is 2.34. The largest absolute Gasteiger partial charge is 0.381 e. The summed E-state index contributed by atoms with van der Waals surface area (Å²) in [7, 11) is 0. The number of rotatable bonds is 2. The van der Waals surface area contributed by atoms with E-state index < -0.39 is 11.7 Å². The van der Waals surface area contributed by atoms with E-state index in [2.05, 4.69) is 10.3 Å². The number of halogens is 1. The number of anilines is 1. The van der Waals surface area contributed by atoms with Crippen molar-refractivity contribution in [2.24, 2.45) is 0 Å². The fourth-order valence-corrected chi connectivity index (χ4v) is 1.81. The number of carbonyl (C=O) groups excluding carboxylic acids is 1. The second-order valence-electron chi connectivity index (χ2n) is 4.43. The highest BCUT2D eigenvalue weighted by molar-refractivity contribution is 5.95. The highest BCUT2D eigenvalue weighted by Crippen LogP contribution is 2.31. The topological polar surface area (TPSA) is 68.0 Å². The van der Waals surface area contributed by atoms with Crippen LogP contribution in [0.15, 0.2) is 12.3 Å². The Morgan fingerprint density at radius 1 is 1.62 bits per heavy atom. The molecule has 0 aliphatic heterocycles. The summed E-state index contributed by atoms with van der Waals surface area (Å²) in [6.07, 6.45) is 4.29. The van der Waals surface area contributed by atoms with Crippen LogP contribution in [-0.4, -0.2) is 16.4 Å². The number of pyridine rings is 1. The van der Waals surface area contributed by atoms with Crippen molar-refractivity contribution in [3.8, 4) is 0 Å². The first-order valence-corrected chi connectivity index (χ1v) is 5.24. The molecule has 0 unspecified atom stereocenters. The van der Waals surface area contributed by atoms with Crippen molar-refractivity contribution in [2.45, 2.75) is 31.7 Å². The number of aromatic nitrogens is 1. The van der Waals surface area contributed by atoms with Crippen molar-refractivity contribution < 1.29 is 9.18 Å². The Morgan fingerprint density at radius 2 is 2.31 bits per heavy atom. The lowest BCUT2D eigenvalue weighted by Gasteiger charge is -2.39. The second kappa shape index (κ2) is 3.73. The fraction of sp³-hybridized carbons (Fsp3) is 0.455. The first kappa shape index (κ1) is 10.9. The number of amides is 1. The monoisotopic (exact) mass is 223 g/mol. The maximum absolute atomic E-state index is 13.5. The van der Waals surface area contributed by atoms with Crippen molar-refractivity contribution in [3.63, 3.8) is 0 Å². The van der Waals surface area contributed by atoms with Gasteiger partial charge in [-0.3, -0.25) is 4.79 Å². The first-order chi connectivity index (χ1) is 7.52. The molecular formula is C11H14FN3O. The smallest absolute Gasteiger partial charge is 0.254 e. The molecular weight excluding hydrogens is 209 g/mol. The van der Waals surface area contributed by atoms with Crippen molar-refractivity contribution in [3.05, 3.63) is 23.6 Å². The van der Waals surface area contributed by atoms with Gasteiger partial charge in [0.1, 0.15) is 0 Å². The van der Waals surface area contributed by atoms with Gasteiger partial charge in [0.05, 0.1) is 5.56 Å². The van der Waals surface area contributed by atoms with Crippen LogP contribution in [-0.2, 0) is 0 Å². The number of nitrogens with two attached hydrogens (primary N) is 1. The maximum atomic E-state index is 13.5. The Labute approximate surface area is 93.1 Å². The van der Waals surface area contributed by atoms with Gasteiger partial charge in [-0.25, -0.2) is 9.37 Å². The van der Waals surface area contributed by atoms with Gasteiger partial charge in [-0.2, -0.15) is 0 Å². The van der Waals surface area contributed by atoms with Crippen molar-refractivity contribution in [1.29, 1.82) is 0 Å². The van der Waals surface area contributed by atoms with Crippen LogP contribution in [0, 0.1) is 5.82 Å². The lowest BCUT2D eigenvalue weighted by atomic mass is 9.78. The highest BCUT2D eigenvalue weighted by atomic mass is 19.1. The minimum absolute atomic E-state index is 0.0411. The van der Waals surface area contributed by atoms with Gasteiger partial charge in [0.25, 0.3) is 5.91 Å². The summed E-state index contributed by atoms with van der Waals surface area (Å²) in [6, 6.07) is 1.34. The average Bonchev–Trinajstić information content (AvgIpc) is 2.19. The summed E-state index contributed by atoms with van der Waals surface area (Å²) in [6.45, 7) is 1.96. The molecule has 1 aromatic heterocycles. The number of nitrogen functional groups attached to an aromatic ring is 1. The Hall–Kier alpha value is -1.65. The molecule has 1 aliphatic rings. The lowest BCUT2D eigenvalue weighted by Crippen LogP contribution is -2.51. The van der Waals surface area contributed by atoms with Crippen LogP contribution >= 0.6 is 0 Å². The van der Waals surface area contributed by atoms with E-state index in [4.69, 9.17) is 5.73 Å². The lowest BCUT2D eigenvalue weighted by molar-refractivity contribution is 0.0846. The molecule has 5 heteroatoms. The molecule has 0 aromatic carbocycles. The molecule has 0 bridgehead atoms. The van der Waals surface area contributed by atoms with E-state index >= 15 is 0 Å². The summed E-state index contributed by atoms with van der Waals surface area (Å²) >= 11 is 0. The third-order valence-corrected chi connectivity index (χ3v) is 3.03. The zero-order chi connectivity index (χ0) is 11.8. The molecule has 0 radical (unpaired) electrons. The Bertz CT molecular complexity index is 429. The molecule has 2 rings (SSSR count). The van der Waals surface area contributed by atoms with Gasteiger partial charge in [-0.1, -0.05) is 0 Å². The first-order valence-electron chi connectivity index (χ1n) is 5.24. The predicted octanol–water partition coefficient (Wildman–Crippen LogP) is 1.48. The molecule has 16 heavy (non-hydrogen) atoms. The van der Waals surface area contributed by atoms with Crippen LogP contribution in [0.2, 0.25) is 0 Å². The van der Waals surface area contributed by atoms with E-state index in [0.717, 1.165) is 19.3 Å². The number of carbonyl (C=O) groups is 1. The molecule has 1 saturated carbocycles. The third-order valence-electron chi connectivity index (χ3n) is 3.03. The van der Waals surface area contributed by atoms with E-state index in [1.165, 1.54) is 12.3 Å². The molecule has 3 N–H and O–H groups in total. The molecule has 1 fully saturated rings. The quantitative estimate of drug-likeness (QED) is 0.797. The standard InChI is InChI=1S/C11H14FN3O/c1-11(4-2-5-11)15-10(16)7-3-6-14-9(13)8(7)12/h3,6H,2,4-5H2,1H3,(H2,13,14)(H,15,16). The van der Waals surface area contributed by atoms with Crippen LogP contribution in [0.25, 0.3) is 0 Å². The van der Waals surface area contributed by atoms with Crippen molar-refractivity contribution in [1.82, 2.24) is 10.3 Å². The second-order valence-corrected chi connectivity index (χ2v) is 4.43. The van der Waals surface area contributed by atoms with E-state index in [9.17, 15) is 9.18 Å². The van der Waals surface area contributed by atoms with Crippen LogP contribution in [0.1, 0.15) is 36.5 Å². The summed E-state index contributed by atoms with van der Waals surface area (Å²) in [4.78, 5) is 15.4. The van der Waals surface area contributed by atoms with Gasteiger partial charge in [-0.05, 0) is 32.3 Å². The van der Waals surface area contributed by atoms with E-state index in [-0.39, 0.29) is 16.9 Å². The summed E-state index contributed by atoms with van der Waals surface area (Å²) in [5.74, 6) is -1.41. The Kier molecular flexibility index (Phi) is 2.53. The zero-order valence-electron chi connectivity index (χ0n) is 9.09. The molecule has 1 aliphatic carbocycles. The van der Waals surface area contributed by atoms with Crippen LogP contribution in [0.3, 0.4) is 0 Å². The normalized spacial score (nSPS) is 17.6. The minimum Gasteiger partial charge on any atom is -0.381 e. The van der Waals surface area contributed by atoms with Crippen molar-refractivity contribution in [2.75, 3.05) is 5.73 Å². The van der Waals surface area contributed by atoms with E-state index in [1.807, 2.05) is 6.92 Å². The van der Waals surface area contributed by atoms with Gasteiger partial charge < -0.3 is 11.1 Å². The maximum Gasteiger partial charge on any atom is 0.254 e. The molecule has 0 saturated heterocycles. The van der Waals surface area contributed by atoms with Crippen LogP contribution < -0.4 is 11.1 Å². The molecule has 0 spiro atoms. The fourth-order valence-electron chi connectivity index (χ4n) is 1.81. The van der Waals surface area contributed by atoms with E-state index in [0.29, 0.717) is 0 Å². The number of hydrogen-bond acceptors (Lipinski definition) is 3. The Balaban J connectivity index is 2.17. The number of nitrogens with one attached hydrogen (secondary N) is 1. The Morgan fingerprint density at radius 3 is 2.88 bits per heavy atom. The van der Waals surface area contributed by atoms with Gasteiger partial charge in [0.2, 0.25) is 0 Å². The van der Waals surface area contributed by atoms with Gasteiger partial charge in [0, 0.05) is 11.7 Å². The summed E-state index contributed by atoms with van der Waals surface area (Å²) in [5.41, 5.74) is 5.07. The molecule has 86 valence electrons.